The van der Waals surface area contributed by atoms with Crippen LogP contribution >= 0.6 is 0 Å². The number of nitrogens with one attached hydrogen (secondary N) is 2. The number of aromatic amines is 2. The summed E-state index contributed by atoms with van der Waals surface area (Å²) < 4.78 is 5.62. The Balaban J connectivity index is 1.18. The van der Waals surface area contributed by atoms with Crippen molar-refractivity contribution in [3.63, 3.8) is 0 Å². The second kappa shape index (κ2) is 7.67. The third-order valence-electron chi connectivity index (χ3n) is 8.89. The lowest BCUT2D eigenvalue weighted by molar-refractivity contribution is 0.187. The van der Waals surface area contributed by atoms with Gasteiger partial charge in [-0.05, 0) is 54.7 Å². The van der Waals surface area contributed by atoms with Crippen LogP contribution in [-0.2, 0) is 11.8 Å². The van der Waals surface area contributed by atoms with E-state index in [1.54, 1.807) is 7.11 Å². The van der Waals surface area contributed by atoms with Crippen LogP contribution in [0.5, 0.6) is 5.75 Å². The fourth-order valence-corrected chi connectivity index (χ4v) is 6.69. The normalized spacial score (nSPS) is 21.6. The van der Waals surface area contributed by atoms with Gasteiger partial charge in [-0.25, -0.2) is 0 Å². The summed E-state index contributed by atoms with van der Waals surface area (Å²) in [5.41, 5.74) is 11.4. The minimum Gasteiger partial charge on any atom is -0.496 e. The number of para-hydroxylation sites is 1. The summed E-state index contributed by atoms with van der Waals surface area (Å²) in [5, 5.41) is 8.23. The van der Waals surface area contributed by atoms with E-state index in [1.165, 1.54) is 11.1 Å². The van der Waals surface area contributed by atoms with Crippen molar-refractivity contribution < 1.29 is 4.74 Å². The summed E-state index contributed by atoms with van der Waals surface area (Å²) in [5.74, 6) is 1.42. The van der Waals surface area contributed by atoms with E-state index >= 15 is 0 Å². The second-order valence-corrected chi connectivity index (χ2v) is 10.7. The molecule has 4 N–H and O–H groups in total. The van der Waals surface area contributed by atoms with Crippen LogP contribution in [-0.4, -0.2) is 40.4 Å². The number of fused-ring (bicyclic) bond motifs is 2. The number of nitrogens with two attached hydrogens (primary N) is 1. The topological polar surface area (TPSA) is 113 Å². The second-order valence-electron chi connectivity index (χ2n) is 10.7. The Bertz CT molecular complexity index is 1530. The molecule has 1 spiro atoms. The van der Waals surface area contributed by atoms with Gasteiger partial charge in [-0.2, -0.15) is 10.1 Å². The SMILES string of the molecule is COc1ccccc1C1(c2n[nH]c3nc(N4CCC5(CC4)Cc4ccccc4[C@H]5N)[nH]c(=O)c23)CC1. The van der Waals surface area contributed by atoms with Gasteiger partial charge >= 0.3 is 0 Å². The number of benzene rings is 2. The first-order valence-electron chi connectivity index (χ1n) is 12.8. The van der Waals surface area contributed by atoms with E-state index in [9.17, 15) is 4.79 Å². The molecule has 0 amide bonds. The highest BCUT2D eigenvalue weighted by Crippen LogP contribution is 2.56. The summed E-state index contributed by atoms with van der Waals surface area (Å²) in [6.45, 7) is 1.62. The Hall–Kier alpha value is -3.65. The van der Waals surface area contributed by atoms with Crippen molar-refractivity contribution in [1.82, 2.24) is 20.2 Å². The number of hydrogen-bond acceptors (Lipinski definition) is 6. The largest absolute Gasteiger partial charge is 0.496 e. The zero-order valence-corrected chi connectivity index (χ0v) is 20.4. The summed E-state index contributed by atoms with van der Waals surface area (Å²) >= 11 is 0. The third-order valence-corrected chi connectivity index (χ3v) is 8.89. The van der Waals surface area contributed by atoms with Crippen molar-refractivity contribution >= 4 is 17.0 Å². The van der Waals surface area contributed by atoms with E-state index in [-0.39, 0.29) is 22.4 Å². The number of anilines is 1. The van der Waals surface area contributed by atoms with Crippen LogP contribution in [0.2, 0.25) is 0 Å². The Labute approximate surface area is 208 Å². The highest BCUT2D eigenvalue weighted by Gasteiger charge is 2.51. The molecule has 1 aliphatic heterocycles. The molecule has 2 aliphatic carbocycles. The number of methoxy groups -OCH3 is 1. The minimum atomic E-state index is -0.313. The standard InChI is InChI=1S/C28H30N6O2/c1-36-20-9-5-4-8-19(20)28(10-11-28)23-21-24(33-32-23)30-26(31-25(21)35)34-14-12-27(13-15-34)16-17-6-2-3-7-18(17)22(27)29/h2-9,22H,10-16,29H2,1H3,(H2,30,31,32,33,35)/t22-/m1/s1. The predicted octanol–water partition coefficient (Wildman–Crippen LogP) is 3.58. The lowest BCUT2D eigenvalue weighted by atomic mass is 9.73. The maximum absolute atomic E-state index is 13.4. The van der Waals surface area contributed by atoms with E-state index in [4.69, 9.17) is 15.5 Å². The van der Waals surface area contributed by atoms with E-state index in [1.807, 2.05) is 18.2 Å². The van der Waals surface area contributed by atoms with Crippen LogP contribution in [0.15, 0.2) is 53.3 Å². The van der Waals surface area contributed by atoms with Crippen LogP contribution in [0.3, 0.4) is 0 Å². The molecule has 0 unspecified atom stereocenters. The van der Waals surface area contributed by atoms with Gasteiger partial charge in [0.15, 0.2) is 5.65 Å². The number of ether oxygens (including phenoxy) is 1. The minimum absolute atomic E-state index is 0.0604. The van der Waals surface area contributed by atoms with Crippen molar-refractivity contribution in [3.05, 3.63) is 81.3 Å². The molecule has 3 heterocycles. The van der Waals surface area contributed by atoms with Crippen molar-refractivity contribution in [1.29, 1.82) is 0 Å². The lowest BCUT2D eigenvalue weighted by Crippen LogP contribution is -2.45. The first-order chi connectivity index (χ1) is 17.5. The quantitative estimate of drug-likeness (QED) is 0.410. The molecule has 7 rings (SSSR count). The van der Waals surface area contributed by atoms with Crippen LogP contribution in [0.1, 0.15) is 54.1 Å². The maximum Gasteiger partial charge on any atom is 0.263 e. The number of rotatable bonds is 4. The smallest absolute Gasteiger partial charge is 0.263 e. The first kappa shape index (κ1) is 21.6. The summed E-state index contributed by atoms with van der Waals surface area (Å²) in [6.07, 6.45) is 4.80. The van der Waals surface area contributed by atoms with Crippen LogP contribution < -0.4 is 20.9 Å². The maximum atomic E-state index is 13.4. The molecule has 1 saturated carbocycles. The summed E-state index contributed by atoms with van der Waals surface area (Å²) in [4.78, 5) is 23.5. The van der Waals surface area contributed by atoms with Crippen LogP contribution in [0.25, 0.3) is 11.0 Å². The molecular weight excluding hydrogens is 452 g/mol. The molecule has 2 aromatic heterocycles. The number of aromatic nitrogens is 4. The molecule has 36 heavy (non-hydrogen) atoms. The van der Waals surface area contributed by atoms with Crippen LogP contribution in [0, 0.1) is 5.41 Å². The molecule has 1 saturated heterocycles. The van der Waals surface area contributed by atoms with Crippen molar-refractivity contribution in [2.75, 3.05) is 25.1 Å². The lowest BCUT2D eigenvalue weighted by Gasteiger charge is -2.42. The van der Waals surface area contributed by atoms with E-state index in [0.717, 1.165) is 62.2 Å². The molecule has 8 nitrogen and oxygen atoms in total. The first-order valence-corrected chi connectivity index (χ1v) is 12.8. The van der Waals surface area contributed by atoms with Gasteiger partial charge in [-0.15, -0.1) is 0 Å². The Morgan fingerprint density at radius 1 is 1.06 bits per heavy atom. The molecule has 3 aliphatic rings. The molecule has 184 valence electrons. The zero-order chi connectivity index (χ0) is 24.5. The van der Waals surface area contributed by atoms with E-state index < -0.39 is 0 Å². The molecule has 1 atom stereocenters. The van der Waals surface area contributed by atoms with Gasteiger partial charge in [0.25, 0.3) is 5.56 Å². The molecular formula is C28H30N6O2. The van der Waals surface area contributed by atoms with Crippen molar-refractivity contribution in [2.45, 2.75) is 43.6 Å². The van der Waals surface area contributed by atoms with Gasteiger partial charge in [0.2, 0.25) is 5.95 Å². The monoisotopic (exact) mass is 482 g/mol. The number of piperidine rings is 1. The van der Waals surface area contributed by atoms with Gasteiger partial charge in [-0.1, -0.05) is 42.5 Å². The molecule has 8 heteroatoms. The predicted molar refractivity (Wildman–Crippen MR) is 138 cm³/mol. The van der Waals surface area contributed by atoms with Gasteiger partial charge in [0.05, 0.1) is 12.8 Å². The molecule has 0 bridgehead atoms. The third kappa shape index (κ3) is 3.00. The molecule has 2 aromatic carbocycles. The van der Waals surface area contributed by atoms with Crippen molar-refractivity contribution in [3.8, 4) is 5.75 Å². The molecule has 4 aromatic rings. The molecule has 0 radical (unpaired) electrons. The number of nitrogens with zero attached hydrogens (tertiary/aromatic N) is 3. The average molecular weight is 483 g/mol. The van der Waals surface area contributed by atoms with Gasteiger partial charge in [0.1, 0.15) is 11.1 Å². The number of hydrogen-bond donors (Lipinski definition) is 3. The van der Waals surface area contributed by atoms with E-state index in [0.29, 0.717) is 17.0 Å². The highest BCUT2D eigenvalue weighted by molar-refractivity contribution is 5.81. The zero-order valence-electron chi connectivity index (χ0n) is 20.4. The van der Waals surface area contributed by atoms with E-state index in [2.05, 4.69) is 50.4 Å². The summed E-state index contributed by atoms with van der Waals surface area (Å²) in [6, 6.07) is 16.6. The van der Waals surface area contributed by atoms with Gasteiger partial charge in [0, 0.05) is 30.1 Å². The van der Waals surface area contributed by atoms with Gasteiger partial charge < -0.3 is 15.4 Å². The van der Waals surface area contributed by atoms with Gasteiger partial charge in [-0.3, -0.25) is 14.9 Å². The highest BCUT2D eigenvalue weighted by atomic mass is 16.5. The Morgan fingerprint density at radius 2 is 1.81 bits per heavy atom. The summed E-state index contributed by atoms with van der Waals surface area (Å²) in [7, 11) is 1.68. The Morgan fingerprint density at radius 3 is 2.56 bits per heavy atom. The average Bonchev–Trinajstić information content (AvgIpc) is 3.52. The fraction of sp³-hybridized carbons (Fsp3) is 0.393. The fourth-order valence-electron chi connectivity index (χ4n) is 6.69. The number of H-pyrrole nitrogens is 2. The molecule has 2 fully saturated rings. The van der Waals surface area contributed by atoms with Crippen molar-refractivity contribution in [2.24, 2.45) is 11.1 Å². The van der Waals surface area contributed by atoms with Crippen LogP contribution in [0.4, 0.5) is 5.95 Å². The Kier molecular flexibility index (Phi) is 4.61.